The van der Waals surface area contributed by atoms with Gasteiger partial charge in [0, 0.05) is 12.1 Å². The molecule has 1 aliphatic rings. The van der Waals surface area contributed by atoms with Gasteiger partial charge >= 0.3 is 0 Å². The Balaban J connectivity index is 1.73. The molecule has 0 aromatic heterocycles. The third-order valence-corrected chi connectivity index (χ3v) is 4.22. The summed E-state index contributed by atoms with van der Waals surface area (Å²) in [6, 6.07) is 14.2. The van der Waals surface area contributed by atoms with Crippen molar-refractivity contribution in [3.63, 3.8) is 0 Å². The van der Waals surface area contributed by atoms with Crippen molar-refractivity contribution >= 4 is 5.69 Å². The molecule has 120 valence electrons. The summed E-state index contributed by atoms with van der Waals surface area (Å²) in [6.45, 7) is 2.16. The lowest BCUT2D eigenvalue weighted by Gasteiger charge is -2.23. The molecular formula is C18H20N2O3. The highest BCUT2D eigenvalue weighted by Gasteiger charge is 2.16. The number of nitro groups is 1. The molecule has 5 heteroatoms. The first-order chi connectivity index (χ1) is 11.2. The van der Waals surface area contributed by atoms with Gasteiger partial charge in [-0.2, -0.15) is 0 Å². The summed E-state index contributed by atoms with van der Waals surface area (Å²) in [5.41, 5.74) is 1.26. The summed E-state index contributed by atoms with van der Waals surface area (Å²) in [7, 11) is 0. The molecule has 0 amide bonds. The van der Waals surface area contributed by atoms with Crippen LogP contribution in [0, 0.1) is 16.0 Å². The molecule has 5 nitrogen and oxygen atoms in total. The zero-order valence-corrected chi connectivity index (χ0v) is 12.9. The molecule has 1 fully saturated rings. The van der Waals surface area contributed by atoms with E-state index in [1.807, 2.05) is 18.2 Å². The lowest BCUT2D eigenvalue weighted by molar-refractivity contribution is -0.384. The molecular weight excluding hydrogens is 292 g/mol. The van der Waals surface area contributed by atoms with Crippen LogP contribution in [0.1, 0.15) is 18.4 Å². The summed E-state index contributed by atoms with van der Waals surface area (Å²) < 4.78 is 5.95. The van der Waals surface area contributed by atoms with Crippen LogP contribution in [0.2, 0.25) is 0 Å². The number of nitro benzene ring substituents is 1. The molecule has 0 radical (unpaired) electrons. The molecule has 0 saturated carbocycles. The molecule has 1 saturated heterocycles. The lowest BCUT2D eigenvalue weighted by Crippen LogP contribution is -2.28. The van der Waals surface area contributed by atoms with Gasteiger partial charge in [-0.15, -0.1) is 0 Å². The Morgan fingerprint density at radius 3 is 2.48 bits per heavy atom. The van der Waals surface area contributed by atoms with Crippen LogP contribution >= 0.6 is 0 Å². The summed E-state index contributed by atoms with van der Waals surface area (Å²) in [6.07, 6.45) is 3.38. The maximum atomic E-state index is 10.7. The Labute approximate surface area is 135 Å². The van der Waals surface area contributed by atoms with Gasteiger partial charge in [-0.25, -0.2) is 0 Å². The predicted molar refractivity (Wildman–Crippen MR) is 88.9 cm³/mol. The molecule has 0 atom stereocenters. The quantitative estimate of drug-likeness (QED) is 0.671. The van der Waals surface area contributed by atoms with Crippen molar-refractivity contribution in [2.45, 2.75) is 19.3 Å². The van der Waals surface area contributed by atoms with Crippen LogP contribution in [0.3, 0.4) is 0 Å². The van der Waals surface area contributed by atoms with E-state index in [1.165, 1.54) is 30.5 Å². The van der Waals surface area contributed by atoms with E-state index in [2.05, 4.69) is 11.4 Å². The van der Waals surface area contributed by atoms with Crippen molar-refractivity contribution in [3.05, 3.63) is 64.2 Å². The Morgan fingerprint density at radius 2 is 1.78 bits per heavy atom. The normalized spacial score (nSPS) is 15.3. The first-order valence-electron chi connectivity index (χ1n) is 7.93. The van der Waals surface area contributed by atoms with Crippen molar-refractivity contribution in [1.29, 1.82) is 0 Å². The number of nitrogens with zero attached hydrogens (tertiary/aromatic N) is 1. The second-order valence-corrected chi connectivity index (χ2v) is 5.86. The number of hydrogen-bond donors (Lipinski definition) is 1. The predicted octanol–water partition coefficient (Wildman–Crippen LogP) is 3.93. The van der Waals surface area contributed by atoms with Crippen LogP contribution in [0.5, 0.6) is 11.5 Å². The lowest BCUT2D eigenvalue weighted by atomic mass is 9.90. The van der Waals surface area contributed by atoms with Gasteiger partial charge in [0.1, 0.15) is 11.5 Å². The molecule has 0 aliphatic carbocycles. The topological polar surface area (TPSA) is 64.4 Å². The van der Waals surface area contributed by atoms with Crippen molar-refractivity contribution in [2.24, 2.45) is 5.92 Å². The third-order valence-electron chi connectivity index (χ3n) is 4.22. The Morgan fingerprint density at radius 1 is 1.09 bits per heavy atom. The number of rotatable bonds is 5. The van der Waals surface area contributed by atoms with Crippen molar-refractivity contribution in [1.82, 2.24) is 5.32 Å². The number of hydrogen-bond acceptors (Lipinski definition) is 4. The van der Waals surface area contributed by atoms with Gasteiger partial charge < -0.3 is 10.1 Å². The minimum absolute atomic E-state index is 0.0698. The second kappa shape index (κ2) is 7.24. The number of benzene rings is 2. The average Bonchev–Trinajstić information content (AvgIpc) is 2.58. The highest BCUT2D eigenvalue weighted by Crippen LogP contribution is 2.29. The fourth-order valence-electron chi connectivity index (χ4n) is 2.93. The maximum Gasteiger partial charge on any atom is 0.269 e. The summed E-state index contributed by atoms with van der Waals surface area (Å²) in [5, 5.41) is 14.1. The molecule has 2 aromatic carbocycles. The van der Waals surface area contributed by atoms with E-state index >= 15 is 0 Å². The number of ether oxygens (including phenoxy) is 1. The van der Waals surface area contributed by atoms with Crippen LogP contribution in [0.15, 0.2) is 48.5 Å². The SMILES string of the molecule is O=[N+]([O-])c1ccc(Oc2ccccc2CC2CCNCC2)cc1. The molecule has 1 N–H and O–H groups in total. The van der Waals surface area contributed by atoms with Crippen LogP contribution < -0.4 is 10.1 Å². The minimum Gasteiger partial charge on any atom is -0.457 e. The molecule has 1 heterocycles. The van der Waals surface area contributed by atoms with E-state index in [0.717, 1.165) is 25.3 Å². The fraction of sp³-hybridized carbons (Fsp3) is 0.333. The molecule has 0 bridgehead atoms. The number of piperidine rings is 1. The van der Waals surface area contributed by atoms with Gasteiger partial charge in [-0.3, -0.25) is 10.1 Å². The van der Waals surface area contributed by atoms with Gasteiger partial charge in [0.05, 0.1) is 4.92 Å². The minimum atomic E-state index is -0.408. The molecule has 0 unspecified atom stereocenters. The van der Waals surface area contributed by atoms with E-state index in [4.69, 9.17) is 4.74 Å². The zero-order chi connectivity index (χ0) is 16.1. The smallest absolute Gasteiger partial charge is 0.269 e. The van der Waals surface area contributed by atoms with E-state index < -0.39 is 4.92 Å². The van der Waals surface area contributed by atoms with E-state index in [9.17, 15) is 10.1 Å². The Bertz CT molecular complexity index is 664. The van der Waals surface area contributed by atoms with Gasteiger partial charge in [-0.1, -0.05) is 18.2 Å². The molecule has 2 aromatic rings. The highest BCUT2D eigenvalue weighted by molar-refractivity contribution is 5.41. The van der Waals surface area contributed by atoms with Crippen LogP contribution in [0.25, 0.3) is 0 Å². The number of para-hydroxylation sites is 1. The van der Waals surface area contributed by atoms with Crippen molar-refractivity contribution in [3.8, 4) is 11.5 Å². The van der Waals surface area contributed by atoms with Crippen LogP contribution in [0.4, 0.5) is 5.69 Å². The van der Waals surface area contributed by atoms with E-state index in [0.29, 0.717) is 11.7 Å². The van der Waals surface area contributed by atoms with Crippen LogP contribution in [-0.4, -0.2) is 18.0 Å². The first kappa shape index (κ1) is 15.5. The number of nitrogens with one attached hydrogen (secondary N) is 1. The molecule has 23 heavy (non-hydrogen) atoms. The molecule has 3 rings (SSSR count). The molecule has 0 spiro atoms. The molecule has 1 aliphatic heterocycles. The van der Waals surface area contributed by atoms with Gasteiger partial charge in [0.25, 0.3) is 5.69 Å². The average molecular weight is 312 g/mol. The fourth-order valence-corrected chi connectivity index (χ4v) is 2.93. The Hall–Kier alpha value is -2.40. The van der Waals surface area contributed by atoms with Crippen molar-refractivity contribution in [2.75, 3.05) is 13.1 Å². The zero-order valence-electron chi connectivity index (χ0n) is 12.9. The largest absolute Gasteiger partial charge is 0.457 e. The van der Waals surface area contributed by atoms with Gasteiger partial charge in [0.2, 0.25) is 0 Å². The van der Waals surface area contributed by atoms with Gasteiger partial charge in [-0.05, 0) is 62.0 Å². The second-order valence-electron chi connectivity index (χ2n) is 5.86. The number of non-ortho nitro benzene ring substituents is 1. The van der Waals surface area contributed by atoms with E-state index in [1.54, 1.807) is 12.1 Å². The maximum absolute atomic E-state index is 10.7. The van der Waals surface area contributed by atoms with E-state index in [-0.39, 0.29) is 5.69 Å². The highest BCUT2D eigenvalue weighted by atomic mass is 16.6. The van der Waals surface area contributed by atoms with Gasteiger partial charge in [0.15, 0.2) is 0 Å². The summed E-state index contributed by atoms with van der Waals surface area (Å²) in [4.78, 5) is 10.3. The summed E-state index contributed by atoms with van der Waals surface area (Å²) >= 11 is 0. The van der Waals surface area contributed by atoms with Crippen LogP contribution in [-0.2, 0) is 6.42 Å². The third kappa shape index (κ3) is 4.07. The monoisotopic (exact) mass is 312 g/mol. The van der Waals surface area contributed by atoms with Crippen molar-refractivity contribution < 1.29 is 9.66 Å². The first-order valence-corrected chi connectivity index (χ1v) is 7.93. The Kier molecular flexibility index (Phi) is 4.88. The summed E-state index contributed by atoms with van der Waals surface area (Å²) in [5.74, 6) is 2.13. The standard InChI is InChI=1S/C18H20N2O3/c21-20(22)16-5-7-17(8-6-16)23-18-4-2-1-3-15(18)13-14-9-11-19-12-10-14/h1-8,14,19H,9-13H2.